The number of hydrogen-bond acceptors (Lipinski definition) is 4. The molecule has 0 aromatic heterocycles. The SMILES string of the molecule is CCOc1ccccc1C=CC(CCc1ccc(C#N)cc1)Cc1ccc(C(=O)OC)cc1. The van der Waals surface area contributed by atoms with Crippen molar-refractivity contribution < 1.29 is 14.3 Å². The standard InChI is InChI=1S/C29H29NO3/c1-3-33-28-7-5-4-6-26(28)17-14-23(11-8-22-9-12-25(21-30)13-10-22)20-24-15-18-27(19-16-24)29(31)32-2/h4-7,9-10,12-19,23H,3,8,11,20H2,1-2H3. The number of hydrogen-bond donors (Lipinski definition) is 0. The van der Waals surface area contributed by atoms with Crippen molar-refractivity contribution >= 4 is 12.0 Å². The first-order valence-corrected chi connectivity index (χ1v) is 11.2. The molecular weight excluding hydrogens is 410 g/mol. The van der Waals surface area contributed by atoms with E-state index in [9.17, 15) is 4.79 Å². The number of benzene rings is 3. The van der Waals surface area contributed by atoms with Crippen LogP contribution in [0, 0.1) is 17.2 Å². The summed E-state index contributed by atoms with van der Waals surface area (Å²) in [6, 6.07) is 25.6. The molecule has 0 saturated heterocycles. The minimum absolute atomic E-state index is 0.291. The minimum atomic E-state index is -0.327. The molecule has 0 aliphatic rings. The van der Waals surface area contributed by atoms with Gasteiger partial charge in [0.1, 0.15) is 5.75 Å². The summed E-state index contributed by atoms with van der Waals surface area (Å²) in [5, 5.41) is 9.02. The fraction of sp³-hybridized carbons (Fsp3) is 0.241. The summed E-state index contributed by atoms with van der Waals surface area (Å²) in [6.07, 6.45) is 7.10. The number of esters is 1. The van der Waals surface area contributed by atoms with E-state index in [1.807, 2.05) is 73.7 Å². The number of aryl methyl sites for hydroxylation is 1. The molecule has 3 rings (SSSR count). The van der Waals surface area contributed by atoms with Gasteiger partial charge in [-0.2, -0.15) is 5.26 Å². The van der Waals surface area contributed by atoms with Crippen LogP contribution in [0.3, 0.4) is 0 Å². The van der Waals surface area contributed by atoms with E-state index in [2.05, 4.69) is 24.3 Å². The molecule has 0 spiro atoms. The molecule has 3 aromatic carbocycles. The molecule has 0 aliphatic heterocycles. The Bertz CT molecular complexity index is 1110. The van der Waals surface area contributed by atoms with Gasteiger partial charge in [0.15, 0.2) is 0 Å². The lowest BCUT2D eigenvalue weighted by Crippen LogP contribution is -2.05. The summed E-state index contributed by atoms with van der Waals surface area (Å²) in [7, 11) is 1.39. The topological polar surface area (TPSA) is 59.3 Å². The van der Waals surface area contributed by atoms with Gasteiger partial charge in [-0.3, -0.25) is 0 Å². The van der Waals surface area contributed by atoms with Crippen molar-refractivity contribution in [1.82, 2.24) is 0 Å². The first kappa shape index (κ1) is 23.8. The Hall–Kier alpha value is -3.84. The van der Waals surface area contributed by atoms with Crippen molar-refractivity contribution in [3.63, 3.8) is 0 Å². The fourth-order valence-corrected chi connectivity index (χ4v) is 3.71. The van der Waals surface area contributed by atoms with Crippen molar-refractivity contribution in [1.29, 1.82) is 5.26 Å². The van der Waals surface area contributed by atoms with Crippen LogP contribution in [-0.2, 0) is 17.6 Å². The largest absolute Gasteiger partial charge is 0.493 e. The van der Waals surface area contributed by atoms with Crippen molar-refractivity contribution in [2.75, 3.05) is 13.7 Å². The van der Waals surface area contributed by atoms with E-state index in [-0.39, 0.29) is 5.97 Å². The number of methoxy groups -OCH3 is 1. The average molecular weight is 440 g/mol. The molecule has 4 nitrogen and oxygen atoms in total. The zero-order chi connectivity index (χ0) is 23.5. The van der Waals surface area contributed by atoms with E-state index >= 15 is 0 Å². The number of carbonyl (C=O) groups excluding carboxylic acids is 1. The molecule has 1 unspecified atom stereocenters. The normalized spacial score (nSPS) is 11.7. The minimum Gasteiger partial charge on any atom is -0.493 e. The van der Waals surface area contributed by atoms with Crippen LogP contribution in [-0.4, -0.2) is 19.7 Å². The van der Waals surface area contributed by atoms with E-state index in [1.54, 1.807) is 0 Å². The Kier molecular flexibility index (Phi) is 8.85. The lowest BCUT2D eigenvalue weighted by molar-refractivity contribution is 0.0600. The van der Waals surface area contributed by atoms with Crippen LogP contribution in [0.5, 0.6) is 5.75 Å². The van der Waals surface area contributed by atoms with Crippen molar-refractivity contribution in [2.45, 2.75) is 26.2 Å². The zero-order valence-corrected chi connectivity index (χ0v) is 19.2. The maximum atomic E-state index is 11.7. The number of para-hydroxylation sites is 1. The third-order valence-electron chi connectivity index (χ3n) is 5.53. The van der Waals surface area contributed by atoms with Crippen LogP contribution in [0.1, 0.15) is 46.0 Å². The Balaban J connectivity index is 1.77. The third-order valence-corrected chi connectivity index (χ3v) is 5.53. The van der Waals surface area contributed by atoms with Crippen molar-refractivity contribution in [3.05, 3.63) is 107 Å². The molecule has 0 heterocycles. The van der Waals surface area contributed by atoms with Gasteiger partial charge in [-0.05, 0) is 73.6 Å². The Labute approximate surface area is 196 Å². The quantitative estimate of drug-likeness (QED) is 0.350. The van der Waals surface area contributed by atoms with Crippen LogP contribution < -0.4 is 4.74 Å². The number of ether oxygens (including phenoxy) is 2. The first-order valence-electron chi connectivity index (χ1n) is 11.2. The van der Waals surface area contributed by atoms with Gasteiger partial charge in [-0.25, -0.2) is 4.79 Å². The molecule has 0 bridgehead atoms. The molecule has 0 saturated carbocycles. The summed E-state index contributed by atoms with van der Waals surface area (Å²) in [5.41, 5.74) is 4.66. The van der Waals surface area contributed by atoms with Gasteiger partial charge < -0.3 is 9.47 Å². The molecule has 0 amide bonds. The van der Waals surface area contributed by atoms with Gasteiger partial charge in [-0.15, -0.1) is 0 Å². The zero-order valence-electron chi connectivity index (χ0n) is 19.2. The molecule has 3 aromatic rings. The predicted molar refractivity (Wildman–Crippen MR) is 131 cm³/mol. The molecular formula is C29H29NO3. The van der Waals surface area contributed by atoms with Gasteiger partial charge in [0.25, 0.3) is 0 Å². The molecule has 0 fully saturated rings. The first-order chi connectivity index (χ1) is 16.1. The molecule has 0 radical (unpaired) electrons. The Morgan fingerprint density at radius 3 is 2.36 bits per heavy atom. The smallest absolute Gasteiger partial charge is 0.337 e. The number of carbonyl (C=O) groups is 1. The average Bonchev–Trinajstić information content (AvgIpc) is 2.87. The molecule has 33 heavy (non-hydrogen) atoms. The number of rotatable bonds is 10. The maximum absolute atomic E-state index is 11.7. The molecule has 4 heteroatoms. The highest BCUT2D eigenvalue weighted by molar-refractivity contribution is 5.89. The second-order valence-corrected chi connectivity index (χ2v) is 7.83. The van der Waals surface area contributed by atoms with Crippen molar-refractivity contribution in [3.8, 4) is 11.8 Å². The van der Waals surface area contributed by atoms with Gasteiger partial charge in [0, 0.05) is 5.56 Å². The van der Waals surface area contributed by atoms with Gasteiger partial charge in [-0.1, -0.05) is 54.6 Å². The van der Waals surface area contributed by atoms with E-state index in [0.717, 1.165) is 36.1 Å². The van der Waals surface area contributed by atoms with Crippen LogP contribution in [0.4, 0.5) is 0 Å². The van der Waals surface area contributed by atoms with Crippen LogP contribution in [0.25, 0.3) is 6.08 Å². The molecule has 1 atom stereocenters. The second-order valence-electron chi connectivity index (χ2n) is 7.83. The van der Waals surface area contributed by atoms with Crippen LogP contribution in [0.2, 0.25) is 0 Å². The maximum Gasteiger partial charge on any atom is 0.337 e. The summed E-state index contributed by atoms with van der Waals surface area (Å²) in [6.45, 7) is 2.61. The predicted octanol–water partition coefficient (Wildman–Crippen LogP) is 6.25. The molecule has 0 N–H and O–H groups in total. The molecule has 0 aliphatic carbocycles. The van der Waals surface area contributed by atoms with E-state index in [1.165, 1.54) is 12.7 Å². The fourth-order valence-electron chi connectivity index (χ4n) is 3.71. The summed E-state index contributed by atoms with van der Waals surface area (Å²) >= 11 is 0. The van der Waals surface area contributed by atoms with Crippen molar-refractivity contribution in [2.24, 2.45) is 5.92 Å². The summed E-state index contributed by atoms with van der Waals surface area (Å²) in [4.78, 5) is 11.7. The lowest BCUT2D eigenvalue weighted by Gasteiger charge is -2.14. The Morgan fingerprint density at radius 1 is 1.00 bits per heavy atom. The van der Waals surface area contributed by atoms with E-state index in [0.29, 0.717) is 23.7 Å². The second kappa shape index (κ2) is 12.3. The highest BCUT2D eigenvalue weighted by atomic mass is 16.5. The lowest BCUT2D eigenvalue weighted by atomic mass is 9.91. The van der Waals surface area contributed by atoms with Gasteiger partial charge >= 0.3 is 5.97 Å². The molecule has 168 valence electrons. The summed E-state index contributed by atoms with van der Waals surface area (Å²) in [5.74, 6) is 0.843. The van der Waals surface area contributed by atoms with E-state index < -0.39 is 0 Å². The van der Waals surface area contributed by atoms with Gasteiger partial charge in [0.05, 0.1) is 30.9 Å². The summed E-state index contributed by atoms with van der Waals surface area (Å²) < 4.78 is 10.6. The van der Waals surface area contributed by atoms with Crippen LogP contribution in [0.15, 0.2) is 78.9 Å². The van der Waals surface area contributed by atoms with Crippen LogP contribution >= 0.6 is 0 Å². The third kappa shape index (κ3) is 7.08. The number of nitriles is 1. The number of nitrogens with zero attached hydrogens (tertiary/aromatic N) is 1. The monoisotopic (exact) mass is 439 g/mol. The Morgan fingerprint density at radius 2 is 1.70 bits per heavy atom. The van der Waals surface area contributed by atoms with E-state index in [4.69, 9.17) is 14.7 Å². The van der Waals surface area contributed by atoms with Gasteiger partial charge in [0.2, 0.25) is 0 Å². The highest BCUT2D eigenvalue weighted by Crippen LogP contribution is 2.23. The number of allylic oxidation sites excluding steroid dienone is 1. The highest BCUT2D eigenvalue weighted by Gasteiger charge is 2.10.